The molecule has 3 rings (SSSR count). The van der Waals surface area contributed by atoms with Crippen LogP contribution in [0.5, 0.6) is 0 Å². The first kappa shape index (κ1) is 18.4. The highest BCUT2D eigenvalue weighted by Gasteiger charge is 2.77. The molecule has 2 aromatic carbocycles. The quantitative estimate of drug-likeness (QED) is 0.732. The Balaban J connectivity index is 2.13. The molecule has 0 aliphatic heterocycles. The standard InChI is InChI=1S/C19H16ClNO4S/c1-2-25-18(22)19(12-21)16(13-8-10-14(20)11-9-13)17(19)26(23,24)15-6-4-3-5-7-15/h3-11,16-17H,2H2,1H3/t16-,17+,19-/m1/s1. The van der Waals surface area contributed by atoms with Gasteiger partial charge in [-0.15, -0.1) is 0 Å². The van der Waals surface area contributed by atoms with Crippen LogP contribution in [0.25, 0.3) is 0 Å². The molecule has 26 heavy (non-hydrogen) atoms. The van der Waals surface area contributed by atoms with Gasteiger partial charge in [-0.3, -0.25) is 4.79 Å². The van der Waals surface area contributed by atoms with Crippen molar-refractivity contribution in [1.82, 2.24) is 0 Å². The van der Waals surface area contributed by atoms with Crippen LogP contribution in [0.1, 0.15) is 18.4 Å². The molecule has 1 fully saturated rings. The van der Waals surface area contributed by atoms with Crippen LogP contribution in [0.3, 0.4) is 0 Å². The number of carbonyl (C=O) groups excluding carboxylic acids is 1. The Morgan fingerprint density at radius 2 is 1.81 bits per heavy atom. The van der Waals surface area contributed by atoms with E-state index in [1.807, 2.05) is 6.07 Å². The van der Waals surface area contributed by atoms with E-state index < -0.39 is 32.4 Å². The Morgan fingerprint density at radius 1 is 1.19 bits per heavy atom. The van der Waals surface area contributed by atoms with Crippen molar-refractivity contribution in [2.75, 3.05) is 6.61 Å². The molecule has 0 saturated heterocycles. The highest BCUT2D eigenvalue weighted by atomic mass is 35.5. The summed E-state index contributed by atoms with van der Waals surface area (Å²) < 4.78 is 31.3. The second-order valence-electron chi connectivity index (χ2n) is 6.01. The van der Waals surface area contributed by atoms with Gasteiger partial charge in [-0.05, 0) is 36.8 Å². The van der Waals surface area contributed by atoms with Crippen molar-refractivity contribution in [2.24, 2.45) is 5.41 Å². The zero-order chi connectivity index (χ0) is 18.9. The number of esters is 1. The number of rotatable bonds is 5. The number of sulfone groups is 1. The molecule has 2 aromatic rings. The maximum atomic E-state index is 13.1. The van der Waals surface area contributed by atoms with E-state index in [1.165, 1.54) is 12.1 Å². The molecule has 0 N–H and O–H groups in total. The van der Waals surface area contributed by atoms with Gasteiger partial charge in [-0.1, -0.05) is 41.9 Å². The largest absolute Gasteiger partial charge is 0.465 e. The minimum Gasteiger partial charge on any atom is -0.465 e. The highest BCUT2D eigenvalue weighted by Crippen LogP contribution is 2.64. The lowest BCUT2D eigenvalue weighted by Gasteiger charge is -2.09. The summed E-state index contributed by atoms with van der Waals surface area (Å²) in [5.74, 6) is -1.62. The fourth-order valence-electron chi connectivity index (χ4n) is 3.32. The SMILES string of the molecule is CCOC(=O)[C@]1(C#N)[C@H](c2ccc(Cl)cc2)[C@@H]1S(=O)(=O)c1ccccc1. The van der Waals surface area contributed by atoms with Crippen LogP contribution < -0.4 is 0 Å². The molecule has 5 nitrogen and oxygen atoms in total. The van der Waals surface area contributed by atoms with E-state index in [0.717, 1.165) is 0 Å². The Morgan fingerprint density at radius 3 is 2.35 bits per heavy atom. The fourth-order valence-corrected chi connectivity index (χ4v) is 5.71. The van der Waals surface area contributed by atoms with E-state index in [0.29, 0.717) is 10.6 Å². The molecule has 0 heterocycles. The van der Waals surface area contributed by atoms with Crippen molar-refractivity contribution in [3.05, 3.63) is 65.2 Å². The molecule has 0 aromatic heterocycles. The van der Waals surface area contributed by atoms with Gasteiger partial charge >= 0.3 is 5.97 Å². The molecule has 0 spiro atoms. The van der Waals surface area contributed by atoms with E-state index in [1.54, 1.807) is 49.4 Å². The number of nitriles is 1. The first-order valence-corrected chi connectivity index (χ1v) is 9.95. The molecule has 0 bridgehead atoms. The monoisotopic (exact) mass is 389 g/mol. The van der Waals surface area contributed by atoms with Gasteiger partial charge in [0.25, 0.3) is 0 Å². The lowest BCUT2D eigenvalue weighted by Crippen LogP contribution is -2.25. The zero-order valence-corrected chi connectivity index (χ0v) is 15.5. The minimum absolute atomic E-state index is 0.0632. The van der Waals surface area contributed by atoms with Gasteiger partial charge in [0.1, 0.15) is 5.25 Å². The molecule has 0 amide bonds. The van der Waals surface area contributed by atoms with Gasteiger partial charge < -0.3 is 4.74 Å². The zero-order valence-electron chi connectivity index (χ0n) is 13.9. The molecule has 1 aliphatic rings. The number of hydrogen-bond donors (Lipinski definition) is 0. The lowest BCUT2D eigenvalue weighted by atomic mass is 10.0. The number of halogens is 1. The first-order chi connectivity index (χ1) is 12.4. The molecule has 0 radical (unpaired) electrons. The van der Waals surface area contributed by atoms with Crippen LogP contribution in [-0.2, 0) is 19.4 Å². The summed E-state index contributed by atoms with van der Waals surface area (Å²) in [6, 6.07) is 16.2. The van der Waals surface area contributed by atoms with Crippen molar-refractivity contribution in [3.63, 3.8) is 0 Å². The number of nitrogens with zero attached hydrogens (tertiary/aromatic N) is 1. The first-order valence-electron chi connectivity index (χ1n) is 8.02. The number of hydrogen-bond acceptors (Lipinski definition) is 5. The van der Waals surface area contributed by atoms with Crippen molar-refractivity contribution in [2.45, 2.75) is 23.0 Å². The number of carbonyl (C=O) groups is 1. The summed E-state index contributed by atoms with van der Waals surface area (Å²) in [4.78, 5) is 12.6. The van der Waals surface area contributed by atoms with Gasteiger partial charge in [0.2, 0.25) is 0 Å². The van der Waals surface area contributed by atoms with E-state index >= 15 is 0 Å². The van der Waals surface area contributed by atoms with Gasteiger partial charge in [0, 0.05) is 10.9 Å². The highest BCUT2D eigenvalue weighted by molar-refractivity contribution is 7.92. The van der Waals surface area contributed by atoms with Crippen LogP contribution in [-0.4, -0.2) is 26.2 Å². The molecule has 3 atom stereocenters. The van der Waals surface area contributed by atoms with Crippen molar-refractivity contribution >= 4 is 27.4 Å². The van der Waals surface area contributed by atoms with E-state index in [2.05, 4.69) is 0 Å². The smallest absolute Gasteiger partial charge is 0.328 e. The van der Waals surface area contributed by atoms with Gasteiger partial charge in [-0.25, -0.2) is 8.42 Å². The summed E-state index contributed by atoms with van der Waals surface area (Å²) in [6.07, 6.45) is 0. The number of benzene rings is 2. The molecule has 7 heteroatoms. The molecular formula is C19H16ClNO4S. The summed E-state index contributed by atoms with van der Waals surface area (Å²) in [7, 11) is -3.91. The Bertz CT molecular complexity index is 967. The second-order valence-corrected chi connectivity index (χ2v) is 8.51. The molecule has 1 aliphatic carbocycles. The second kappa shape index (κ2) is 6.75. The van der Waals surface area contributed by atoms with E-state index in [9.17, 15) is 18.5 Å². The Kier molecular flexibility index (Phi) is 4.78. The molecular weight excluding hydrogens is 374 g/mol. The van der Waals surface area contributed by atoms with Gasteiger partial charge in [0.05, 0.1) is 17.6 Å². The summed E-state index contributed by atoms with van der Waals surface area (Å²) in [5, 5.41) is 9.06. The maximum Gasteiger partial charge on any atom is 0.328 e. The molecule has 1 saturated carbocycles. The van der Waals surface area contributed by atoms with Crippen LogP contribution in [0.15, 0.2) is 59.5 Å². The van der Waals surface area contributed by atoms with Crippen LogP contribution in [0, 0.1) is 16.7 Å². The lowest BCUT2D eigenvalue weighted by molar-refractivity contribution is -0.147. The average molecular weight is 390 g/mol. The average Bonchev–Trinajstić information content (AvgIpc) is 3.35. The summed E-state index contributed by atoms with van der Waals surface area (Å²) in [5.41, 5.74) is -1.20. The minimum atomic E-state index is -3.91. The Labute approximate surface area is 157 Å². The van der Waals surface area contributed by atoms with Gasteiger partial charge in [-0.2, -0.15) is 5.26 Å². The summed E-state index contributed by atoms with van der Waals surface area (Å²) >= 11 is 5.90. The van der Waals surface area contributed by atoms with E-state index in [4.69, 9.17) is 16.3 Å². The van der Waals surface area contributed by atoms with E-state index in [-0.39, 0.29) is 11.5 Å². The van der Waals surface area contributed by atoms with Crippen LogP contribution >= 0.6 is 11.6 Å². The summed E-state index contributed by atoms with van der Waals surface area (Å²) in [6.45, 7) is 1.68. The maximum absolute atomic E-state index is 13.1. The topological polar surface area (TPSA) is 84.2 Å². The predicted octanol–water partition coefficient (Wildman–Crippen LogP) is 3.35. The Hall–Kier alpha value is -2.36. The third-order valence-electron chi connectivity index (χ3n) is 4.57. The normalized spacial score (nSPS) is 24.5. The van der Waals surface area contributed by atoms with Crippen LogP contribution in [0.4, 0.5) is 0 Å². The van der Waals surface area contributed by atoms with Crippen molar-refractivity contribution < 1.29 is 17.9 Å². The molecule has 134 valence electrons. The fraction of sp³-hybridized carbons (Fsp3) is 0.263. The van der Waals surface area contributed by atoms with Crippen molar-refractivity contribution in [3.8, 4) is 6.07 Å². The third-order valence-corrected chi connectivity index (χ3v) is 7.06. The third kappa shape index (κ3) is 2.77. The van der Waals surface area contributed by atoms with Gasteiger partial charge in [0.15, 0.2) is 15.3 Å². The van der Waals surface area contributed by atoms with Crippen LogP contribution in [0.2, 0.25) is 5.02 Å². The number of ether oxygens (including phenoxy) is 1. The predicted molar refractivity (Wildman–Crippen MR) is 96.3 cm³/mol. The molecule has 0 unspecified atom stereocenters. The van der Waals surface area contributed by atoms with Crippen molar-refractivity contribution in [1.29, 1.82) is 5.26 Å².